The number of pyridine rings is 1. The Hall–Kier alpha value is -3.80. The fraction of sp³-hybridized carbons (Fsp3) is 0. The molecule has 0 saturated heterocycles. The van der Waals surface area contributed by atoms with E-state index < -0.39 is 0 Å². The molecule has 0 aliphatic heterocycles. The maximum absolute atomic E-state index is 14.3. The van der Waals surface area contributed by atoms with E-state index in [1.165, 1.54) is 18.2 Å². The number of H-pyrrole nitrogens is 1. The topological polar surface area (TPSA) is 46.0 Å². The number of halogens is 2. The summed E-state index contributed by atoms with van der Waals surface area (Å²) < 4.78 is 29.4. The minimum absolute atomic E-state index is 0.292. The lowest BCUT2D eigenvalue weighted by Gasteiger charge is -2.07. The van der Waals surface area contributed by atoms with Gasteiger partial charge in [-0.3, -0.25) is 9.50 Å². The molecule has 1 N–H and O–H groups in total. The van der Waals surface area contributed by atoms with Crippen molar-refractivity contribution in [2.24, 2.45) is 0 Å². The van der Waals surface area contributed by atoms with Crippen molar-refractivity contribution >= 4 is 5.65 Å². The van der Waals surface area contributed by atoms with Gasteiger partial charge in [-0.2, -0.15) is 5.10 Å². The number of nitrogens with zero attached hydrogens (tertiary/aromatic N) is 3. The van der Waals surface area contributed by atoms with Crippen molar-refractivity contribution in [3.05, 3.63) is 90.9 Å². The van der Waals surface area contributed by atoms with Crippen LogP contribution in [0.15, 0.2) is 79.3 Å². The third kappa shape index (κ3) is 2.66. The van der Waals surface area contributed by atoms with Crippen molar-refractivity contribution in [1.82, 2.24) is 19.6 Å². The van der Waals surface area contributed by atoms with Gasteiger partial charge in [-0.05, 0) is 48.5 Å². The van der Waals surface area contributed by atoms with Crippen molar-refractivity contribution in [3.8, 4) is 33.6 Å². The second-order valence-electron chi connectivity index (χ2n) is 6.43. The van der Waals surface area contributed by atoms with Crippen LogP contribution < -0.4 is 0 Å². The molecule has 6 heteroatoms. The largest absolute Gasteiger partial charge is 0.299 e. The van der Waals surface area contributed by atoms with Crippen LogP contribution in [0.4, 0.5) is 8.78 Å². The fourth-order valence-electron chi connectivity index (χ4n) is 3.35. The quantitative estimate of drug-likeness (QED) is 0.465. The maximum atomic E-state index is 14.3. The summed E-state index contributed by atoms with van der Waals surface area (Å²) in [6.07, 6.45) is 5.29. The Morgan fingerprint density at radius 2 is 1.57 bits per heavy atom. The molecule has 0 radical (unpaired) electrons. The minimum Gasteiger partial charge on any atom is -0.299 e. The summed E-state index contributed by atoms with van der Waals surface area (Å²) in [5.41, 5.74) is 5.23. The number of imidazole rings is 1. The smallest absolute Gasteiger partial charge is 0.137 e. The molecule has 28 heavy (non-hydrogen) atoms. The average Bonchev–Trinajstić information content (AvgIpc) is 3.36. The molecule has 2 aromatic carbocycles. The minimum atomic E-state index is -0.301. The Labute approximate surface area is 159 Å². The Morgan fingerprint density at radius 3 is 2.39 bits per heavy atom. The van der Waals surface area contributed by atoms with E-state index in [2.05, 4.69) is 15.2 Å². The highest BCUT2D eigenvalue weighted by atomic mass is 19.1. The van der Waals surface area contributed by atoms with Crippen molar-refractivity contribution in [2.45, 2.75) is 0 Å². The Balaban J connectivity index is 1.66. The molecule has 0 aliphatic carbocycles. The normalized spacial score (nSPS) is 11.2. The third-order valence-electron chi connectivity index (χ3n) is 4.74. The molecule has 5 rings (SSSR count). The Kier molecular flexibility index (Phi) is 3.76. The molecule has 0 aliphatic rings. The van der Waals surface area contributed by atoms with Crippen molar-refractivity contribution in [3.63, 3.8) is 0 Å². The van der Waals surface area contributed by atoms with Gasteiger partial charge in [-0.15, -0.1) is 0 Å². The first-order chi connectivity index (χ1) is 13.7. The molecule has 4 nitrogen and oxygen atoms in total. The second-order valence-corrected chi connectivity index (χ2v) is 6.43. The van der Waals surface area contributed by atoms with Gasteiger partial charge in [0.05, 0.1) is 23.8 Å². The highest BCUT2D eigenvalue weighted by Gasteiger charge is 2.14. The van der Waals surface area contributed by atoms with Crippen molar-refractivity contribution < 1.29 is 8.78 Å². The molecule has 5 aromatic rings. The summed E-state index contributed by atoms with van der Waals surface area (Å²) in [6.45, 7) is 0. The molecular formula is C22H14F2N4. The number of aromatic nitrogens is 4. The van der Waals surface area contributed by atoms with E-state index in [1.54, 1.807) is 42.7 Å². The van der Waals surface area contributed by atoms with Crippen LogP contribution in [0.1, 0.15) is 0 Å². The van der Waals surface area contributed by atoms with Crippen LogP contribution in [-0.4, -0.2) is 19.6 Å². The van der Waals surface area contributed by atoms with Crippen LogP contribution in [0, 0.1) is 11.6 Å². The Morgan fingerprint density at radius 1 is 0.786 bits per heavy atom. The van der Waals surface area contributed by atoms with Gasteiger partial charge >= 0.3 is 0 Å². The molecule has 0 fully saturated rings. The van der Waals surface area contributed by atoms with E-state index >= 15 is 0 Å². The van der Waals surface area contributed by atoms with Gasteiger partial charge in [0.25, 0.3) is 0 Å². The number of rotatable bonds is 3. The van der Waals surface area contributed by atoms with Gasteiger partial charge in [0.1, 0.15) is 17.3 Å². The lowest BCUT2D eigenvalue weighted by atomic mass is 10.0. The highest BCUT2D eigenvalue weighted by Crippen LogP contribution is 2.32. The summed E-state index contributed by atoms with van der Waals surface area (Å²) in [5, 5.41) is 7.14. The second kappa shape index (κ2) is 6.42. The molecule has 0 bridgehead atoms. The van der Waals surface area contributed by atoms with Crippen LogP contribution in [0.2, 0.25) is 0 Å². The van der Waals surface area contributed by atoms with Crippen LogP contribution in [0.5, 0.6) is 0 Å². The van der Waals surface area contributed by atoms with Gasteiger partial charge < -0.3 is 0 Å². The van der Waals surface area contributed by atoms with Crippen LogP contribution in [0.25, 0.3) is 39.3 Å². The monoisotopic (exact) mass is 372 g/mol. The van der Waals surface area contributed by atoms with Gasteiger partial charge in [-0.1, -0.05) is 12.1 Å². The van der Waals surface area contributed by atoms with Gasteiger partial charge in [0, 0.05) is 28.5 Å². The molecule has 0 amide bonds. The number of hydrogen-bond donors (Lipinski definition) is 1. The van der Waals surface area contributed by atoms with E-state index in [-0.39, 0.29) is 11.6 Å². The van der Waals surface area contributed by atoms with E-state index in [9.17, 15) is 8.78 Å². The van der Waals surface area contributed by atoms with E-state index in [0.29, 0.717) is 16.9 Å². The van der Waals surface area contributed by atoms with E-state index in [1.807, 2.05) is 22.7 Å². The van der Waals surface area contributed by atoms with Gasteiger partial charge in [-0.25, -0.2) is 13.8 Å². The maximum Gasteiger partial charge on any atom is 0.137 e. The molecule has 0 unspecified atom stereocenters. The lowest BCUT2D eigenvalue weighted by molar-refractivity contribution is 0.628. The van der Waals surface area contributed by atoms with Crippen LogP contribution >= 0.6 is 0 Å². The number of hydrogen-bond acceptors (Lipinski definition) is 2. The van der Waals surface area contributed by atoms with E-state index in [0.717, 1.165) is 22.4 Å². The summed E-state index contributed by atoms with van der Waals surface area (Å²) in [5.74, 6) is -0.593. The molecule has 0 atom stereocenters. The first kappa shape index (κ1) is 16.4. The predicted molar refractivity (Wildman–Crippen MR) is 104 cm³/mol. The van der Waals surface area contributed by atoms with Crippen LogP contribution in [0.3, 0.4) is 0 Å². The molecule has 0 spiro atoms. The predicted octanol–water partition coefficient (Wildman–Crippen LogP) is 5.34. The SMILES string of the molecule is Fc1ccc(-c2[nH]ncc2-c2ccc3ncc(-c4ccccc4F)n3c2)cc1. The molecule has 3 heterocycles. The zero-order valence-electron chi connectivity index (χ0n) is 14.6. The van der Waals surface area contributed by atoms with Gasteiger partial charge in [0.15, 0.2) is 0 Å². The zero-order valence-corrected chi connectivity index (χ0v) is 14.6. The van der Waals surface area contributed by atoms with E-state index in [4.69, 9.17) is 0 Å². The number of nitrogens with one attached hydrogen (secondary N) is 1. The summed E-state index contributed by atoms with van der Waals surface area (Å²) in [4.78, 5) is 4.38. The molecule has 136 valence electrons. The first-order valence-electron chi connectivity index (χ1n) is 8.72. The fourth-order valence-corrected chi connectivity index (χ4v) is 3.35. The zero-order chi connectivity index (χ0) is 19.1. The van der Waals surface area contributed by atoms with Crippen molar-refractivity contribution in [2.75, 3.05) is 0 Å². The molecule has 3 aromatic heterocycles. The standard InChI is InChI=1S/C22H14F2N4/c23-16-8-5-14(6-9-16)22-18(11-26-27-22)15-7-10-21-25-12-20(28(21)13-15)17-3-1-2-4-19(17)24/h1-13H,(H,26,27). The third-order valence-corrected chi connectivity index (χ3v) is 4.74. The number of aromatic amines is 1. The molecule has 0 saturated carbocycles. The first-order valence-corrected chi connectivity index (χ1v) is 8.72. The highest BCUT2D eigenvalue weighted by molar-refractivity contribution is 5.81. The number of benzene rings is 2. The van der Waals surface area contributed by atoms with Crippen LogP contribution in [-0.2, 0) is 0 Å². The van der Waals surface area contributed by atoms with Gasteiger partial charge in [0.2, 0.25) is 0 Å². The summed E-state index contributed by atoms with van der Waals surface area (Å²) in [7, 11) is 0. The molecular weight excluding hydrogens is 358 g/mol. The van der Waals surface area contributed by atoms with Crippen molar-refractivity contribution in [1.29, 1.82) is 0 Å². The lowest BCUT2D eigenvalue weighted by Crippen LogP contribution is -1.92. The summed E-state index contributed by atoms with van der Waals surface area (Å²) >= 11 is 0. The Bertz CT molecular complexity index is 1290. The summed E-state index contributed by atoms with van der Waals surface area (Å²) in [6, 6.07) is 16.7. The number of fused-ring (bicyclic) bond motifs is 1. The average molecular weight is 372 g/mol.